The number of pyridine rings is 1. The molecule has 0 aliphatic carbocycles. The standard InChI is InChI=1S/C15H16BrNO2S/c16-10-1-2-13-11(8-10)14(18)12(15(19)17-13)7-9-3-5-20-6-4-9/h1-2,8-9H,3-7H2,(H2,17,18,19). The number of rotatable bonds is 2. The molecule has 3 nitrogen and oxygen atoms in total. The number of aromatic hydroxyl groups is 1. The Kier molecular flexibility index (Phi) is 4.08. The molecule has 106 valence electrons. The van der Waals surface area contributed by atoms with Crippen LogP contribution in [0.5, 0.6) is 5.75 Å². The van der Waals surface area contributed by atoms with Gasteiger partial charge in [0.05, 0.1) is 11.1 Å². The number of benzene rings is 1. The predicted molar refractivity (Wildman–Crippen MR) is 87.7 cm³/mol. The molecule has 0 amide bonds. The topological polar surface area (TPSA) is 53.1 Å². The first-order valence-electron chi connectivity index (χ1n) is 6.76. The van der Waals surface area contributed by atoms with Gasteiger partial charge in [-0.05, 0) is 54.9 Å². The Bertz CT molecular complexity index is 692. The van der Waals surface area contributed by atoms with Crippen LogP contribution in [0.2, 0.25) is 0 Å². The van der Waals surface area contributed by atoms with Gasteiger partial charge in [-0.1, -0.05) is 15.9 Å². The monoisotopic (exact) mass is 353 g/mol. The highest BCUT2D eigenvalue weighted by molar-refractivity contribution is 9.10. The number of nitrogens with one attached hydrogen (secondary N) is 1. The zero-order chi connectivity index (χ0) is 14.1. The van der Waals surface area contributed by atoms with Crippen LogP contribution < -0.4 is 5.56 Å². The van der Waals surface area contributed by atoms with Crippen LogP contribution in [0.3, 0.4) is 0 Å². The van der Waals surface area contributed by atoms with Gasteiger partial charge in [-0.15, -0.1) is 0 Å². The van der Waals surface area contributed by atoms with Crippen molar-refractivity contribution < 1.29 is 5.11 Å². The fourth-order valence-corrected chi connectivity index (χ4v) is 4.28. The number of thioether (sulfide) groups is 1. The lowest BCUT2D eigenvalue weighted by Gasteiger charge is -2.21. The number of halogens is 1. The van der Waals surface area contributed by atoms with Crippen molar-refractivity contribution in [1.29, 1.82) is 0 Å². The zero-order valence-corrected chi connectivity index (χ0v) is 13.4. The van der Waals surface area contributed by atoms with Crippen molar-refractivity contribution in [3.8, 4) is 5.75 Å². The summed E-state index contributed by atoms with van der Waals surface area (Å²) in [5.41, 5.74) is 1.06. The van der Waals surface area contributed by atoms with Gasteiger partial charge in [0.15, 0.2) is 0 Å². The largest absolute Gasteiger partial charge is 0.507 e. The van der Waals surface area contributed by atoms with Crippen molar-refractivity contribution in [2.75, 3.05) is 11.5 Å². The van der Waals surface area contributed by atoms with E-state index in [-0.39, 0.29) is 11.3 Å². The van der Waals surface area contributed by atoms with Gasteiger partial charge in [-0.2, -0.15) is 11.8 Å². The maximum atomic E-state index is 12.2. The van der Waals surface area contributed by atoms with Crippen LogP contribution in [-0.2, 0) is 6.42 Å². The van der Waals surface area contributed by atoms with Crippen LogP contribution in [0.4, 0.5) is 0 Å². The summed E-state index contributed by atoms with van der Waals surface area (Å²) in [6, 6.07) is 5.51. The molecule has 0 unspecified atom stereocenters. The van der Waals surface area contributed by atoms with Crippen LogP contribution in [0.1, 0.15) is 18.4 Å². The van der Waals surface area contributed by atoms with Crippen molar-refractivity contribution in [2.24, 2.45) is 5.92 Å². The molecule has 5 heteroatoms. The van der Waals surface area contributed by atoms with Crippen molar-refractivity contribution >= 4 is 38.6 Å². The third-order valence-electron chi connectivity index (χ3n) is 3.88. The minimum atomic E-state index is -0.157. The average molecular weight is 354 g/mol. The normalized spacial score (nSPS) is 16.6. The smallest absolute Gasteiger partial charge is 0.255 e. The molecule has 1 saturated heterocycles. The first-order valence-corrected chi connectivity index (χ1v) is 8.71. The molecule has 2 N–H and O–H groups in total. The van der Waals surface area contributed by atoms with E-state index < -0.39 is 0 Å². The van der Waals surface area contributed by atoms with E-state index in [9.17, 15) is 9.90 Å². The highest BCUT2D eigenvalue weighted by Gasteiger charge is 2.19. The quantitative estimate of drug-likeness (QED) is 0.865. The lowest BCUT2D eigenvalue weighted by atomic mass is 9.93. The van der Waals surface area contributed by atoms with Crippen LogP contribution in [0.25, 0.3) is 10.9 Å². The minimum absolute atomic E-state index is 0.142. The summed E-state index contributed by atoms with van der Waals surface area (Å²) in [6.07, 6.45) is 2.92. The fourth-order valence-electron chi connectivity index (χ4n) is 2.72. The van der Waals surface area contributed by atoms with Crippen LogP contribution in [0, 0.1) is 5.92 Å². The van der Waals surface area contributed by atoms with E-state index in [4.69, 9.17) is 0 Å². The van der Waals surface area contributed by atoms with E-state index in [0.29, 0.717) is 28.8 Å². The van der Waals surface area contributed by atoms with Crippen LogP contribution >= 0.6 is 27.7 Å². The summed E-state index contributed by atoms with van der Waals surface area (Å²) in [6.45, 7) is 0. The summed E-state index contributed by atoms with van der Waals surface area (Å²) < 4.78 is 0.896. The van der Waals surface area contributed by atoms with Gasteiger partial charge in [0.2, 0.25) is 0 Å². The third-order valence-corrected chi connectivity index (χ3v) is 5.42. The number of aromatic amines is 1. The number of H-pyrrole nitrogens is 1. The van der Waals surface area contributed by atoms with Crippen molar-refractivity contribution in [2.45, 2.75) is 19.3 Å². The molecule has 3 rings (SSSR count). The first kappa shape index (κ1) is 14.0. The molecule has 0 saturated carbocycles. The summed E-state index contributed by atoms with van der Waals surface area (Å²) in [4.78, 5) is 15.1. The molecule has 0 atom stereocenters. The van der Waals surface area contributed by atoms with E-state index in [2.05, 4.69) is 20.9 Å². The van der Waals surface area contributed by atoms with Crippen molar-refractivity contribution in [3.63, 3.8) is 0 Å². The Hall–Kier alpha value is -0.940. The lowest BCUT2D eigenvalue weighted by molar-refractivity contribution is 0.445. The number of fused-ring (bicyclic) bond motifs is 1. The Morgan fingerprint density at radius 3 is 2.85 bits per heavy atom. The van der Waals surface area contributed by atoms with Gasteiger partial charge in [-0.3, -0.25) is 4.79 Å². The third kappa shape index (κ3) is 2.74. The summed E-state index contributed by atoms with van der Waals surface area (Å²) >= 11 is 5.37. The predicted octanol–water partition coefficient (Wildman–Crippen LogP) is 3.68. The number of hydrogen-bond acceptors (Lipinski definition) is 3. The Morgan fingerprint density at radius 2 is 2.10 bits per heavy atom. The molecule has 1 aromatic carbocycles. The zero-order valence-electron chi connectivity index (χ0n) is 11.0. The molecule has 20 heavy (non-hydrogen) atoms. The second-order valence-electron chi connectivity index (χ2n) is 5.23. The molecular weight excluding hydrogens is 338 g/mol. The fraction of sp³-hybridized carbons (Fsp3) is 0.400. The van der Waals surface area contributed by atoms with E-state index in [1.54, 1.807) is 0 Å². The van der Waals surface area contributed by atoms with Crippen LogP contribution in [-0.4, -0.2) is 21.6 Å². The summed E-state index contributed by atoms with van der Waals surface area (Å²) in [5, 5.41) is 11.1. The van der Waals surface area contributed by atoms with Gasteiger partial charge in [-0.25, -0.2) is 0 Å². The molecule has 1 aliphatic rings. The second kappa shape index (κ2) is 5.82. The van der Waals surface area contributed by atoms with Crippen molar-refractivity contribution in [1.82, 2.24) is 4.98 Å². The van der Waals surface area contributed by atoms with E-state index in [1.165, 1.54) is 0 Å². The van der Waals surface area contributed by atoms with E-state index >= 15 is 0 Å². The average Bonchev–Trinajstić information content (AvgIpc) is 2.46. The highest BCUT2D eigenvalue weighted by atomic mass is 79.9. The lowest BCUT2D eigenvalue weighted by Crippen LogP contribution is -2.19. The SMILES string of the molecule is O=c1[nH]c2ccc(Br)cc2c(O)c1CC1CCSCC1. The maximum Gasteiger partial charge on any atom is 0.255 e. The van der Waals surface area contributed by atoms with Gasteiger partial charge in [0.25, 0.3) is 5.56 Å². The number of hydrogen-bond donors (Lipinski definition) is 2. The molecule has 1 aliphatic heterocycles. The highest BCUT2D eigenvalue weighted by Crippen LogP contribution is 2.31. The van der Waals surface area contributed by atoms with Gasteiger partial charge in [0.1, 0.15) is 5.75 Å². The van der Waals surface area contributed by atoms with Gasteiger partial charge in [0, 0.05) is 9.86 Å². The Labute approximate surface area is 129 Å². The molecule has 1 aromatic heterocycles. The van der Waals surface area contributed by atoms with Crippen LogP contribution in [0.15, 0.2) is 27.5 Å². The van der Waals surface area contributed by atoms with Gasteiger partial charge >= 0.3 is 0 Å². The molecule has 2 aromatic rings. The van der Waals surface area contributed by atoms with E-state index in [1.807, 2.05) is 30.0 Å². The van der Waals surface area contributed by atoms with Gasteiger partial charge < -0.3 is 10.1 Å². The Morgan fingerprint density at radius 1 is 1.35 bits per heavy atom. The maximum absolute atomic E-state index is 12.2. The first-order chi connectivity index (χ1) is 9.65. The minimum Gasteiger partial charge on any atom is -0.507 e. The molecular formula is C15H16BrNO2S. The summed E-state index contributed by atoms with van der Waals surface area (Å²) in [7, 11) is 0. The second-order valence-corrected chi connectivity index (χ2v) is 7.37. The molecule has 1 fully saturated rings. The Balaban J connectivity index is 2.03. The van der Waals surface area contributed by atoms with Crippen molar-refractivity contribution in [3.05, 3.63) is 38.6 Å². The molecule has 0 radical (unpaired) electrons. The molecule has 0 spiro atoms. The molecule has 0 bridgehead atoms. The number of aromatic nitrogens is 1. The molecule has 2 heterocycles. The van der Waals surface area contributed by atoms with E-state index in [0.717, 1.165) is 28.8 Å². The summed E-state index contributed by atoms with van der Waals surface area (Å²) in [5.74, 6) is 2.96.